The Morgan fingerprint density at radius 1 is 1.16 bits per heavy atom. The minimum Gasteiger partial charge on any atom is -0.352 e. The number of aromatic nitrogens is 4. The third kappa shape index (κ3) is 4.92. The first kappa shape index (κ1) is 21.8. The van der Waals surface area contributed by atoms with Crippen LogP contribution in [0.25, 0.3) is 5.78 Å². The number of aryl methyl sites for hydroxylation is 3. The highest BCUT2D eigenvalue weighted by Crippen LogP contribution is 2.25. The molecule has 1 N–H and O–H groups in total. The molecular weight excluding hydrogens is 406 g/mol. The third-order valence-electron chi connectivity index (χ3n) is 6.45. The van der Waals surface area contributed by atoms with E-state index in [0.29, 0.717) is 28.6 Å². The van der Waals surface area contributed by atoms with E-state index in [0.717, 1.165) is 24.2 Å². The van der Waals surface area contributed by atoms with Gasteiger partial charge < -0.3 is 5.32 Å². The molecule has 1 aromatic carbocycles. The van der Waals surface area contributed by atoms with E-state index in [9.17, 15) is 4.79 Å². The average Bonchev–Trinajstić information content (AvgIpc) is 3.15. The number of rotatable bonds is 6. The molecule has 2 aromatic heterocycles. The van der Waals surface area contributed by atoms with Crippen molar-refractivity contribution in [2.24, 2.45) is 5.92 Å². The zero-order valence-electron chi connectivity index (χ0n) is 18.8. The lowest BCUT2D eigenvalue weighted by molar-refractivity contribution is -0.119. The van der Waals surface area contributed by atoms with Crippen LogP contribution in [0.5, 0.6) is 0 Å². The van der Waals surface area contributed by atoms with Gasteiger partial charge in [0.1, 0.15) is 0 Å². The monoisotopic (exact) mass is 437 g/mol. The van der Waals surface area contributed by atoms with Crippen LogP contribution in [-0.4, -0.2) is 37.3 Å². The fourth-order valence-corrected chi connectivity index (χ4v) is 5.04. The fourth-order valence-electron chi connectivity index (χ4n) is 4.42. The minimum absolute atomic E-state index is 0.0590. The molecule has 1 amide bonds. The Bertz CT molecular complexity index is 1090. The Labute approximate surface area is 188 Å². The zero-order chi connectivity index (χ0) is 22.0. The summed E-state index contributed by atoms with van der Waals surface area (Å²) in [4.78, 5) is 21.7. The van der Waals surface area contributed by atoms with Gasteiger partial charge in [0.15, 0.2) is 0 Å². The smallest absolute Gasteiger partial charge is 0.253 e. The molecule has 2 atom stereocenters. The number of hydrogen-bond acceptors (Lipinski definition) is 5. The molecule has 4 rings (SSSR count). The fraction of sp³-hybridized carbons (Fsp3) is 0.500. The molecule has 2 unspecified atom stereocenters. The summed E-state index contributed by atoms with van der Waals surface area (Å²) in [6, 6.07) is 8.72. The quantitative estimate of drug-likeness (QED) is 0.578. The Hall–Kier alpha value is -2.41. The SMILES string of the molecule is Cc1ccccc1Cc1c(C)nc2nc(SCC(=O)NC3CCCCC3C)nn2c1C. The van der Waals surface area contributed by atoms with Crippen LogP contribution in [0.3, 0.4) is 0 Å². The molecule has 7 heteroatoms. The maximum atomic E-state index is 12.4. The maximum absolute atomic E-state index is 12.4. The van der Waals surface area contributed by atoms with Crippen molar-refractivity contribution in [2.45, 2.75) is 71.0 Å². The number of carbonyl (C=O) groups is 1. The molecule has 2 heterocycles. The number of nitrogens with one attached hydrogen (secondary N) is 1. The van der Waals surface area contributed by atoms with Crippen LogP contribution in [0.2, 0.25) is 0 Å². The van der Waals surface area contributed by atoms with Gasteiger partial charge in [-0.1, -0.05) is 55.8 Å². The Kier molecular flexibility index (Phi) is 6.60. The van der Waals surface area contributed by atoms with Gasteiger partial charge in [0.2, 0.25) is 11.1 Å². The van der Waals surface area contributed by atoms with Crippen LogP contribution < -0.4 is 5.32 Å². The zero-order valence-corrected chi connectivity index (χ0v) is 19.6. The summed E-state index contributed by atoms with van der Waals surface area (Å²) in [6.45, 7) is 8.46. The van der Waals surface area contributed by atoms with Gasteiger partial charge in [-0.3, -0.25) is 4.79 Å². The molecule has 0 aliphatic heterocycles. The van der Waals surface area contributed by atoms with Crippen molar-refractivity contribution in [1.29, 1.82) is 0 Å². The van der Waals surface area contributed by atoms with E-state index in [1.54, 1.807) is 0 Å². The molecule has 164 valence electrons. The Morgan fingerprint density at radius 3 is 2.71 bits per heavy atom. The minimum atomic E-state index is 0.0590. The van der Waals surface area contributed by atoms with Gasteiger partial charge in [-0.15, -0.1) is 5.10 Å². The van der Waals surface area contributed by atoms with Crippen LogP contribution in [0.4, 0.5) is 0 Å². The Balaban J connectivity index is 1.47. The average molecular weight is 438 g/mol. The van der Waals surface area contributed by atoms with Crippen molar-refractivity contribution in [2.75, 3.05) is 5.75 Å². The number of amides is 1. The van der Waals surface area contributed by atoms with Crippen LogP contribution in [-0.2, 0) is 11.2 Å². The van der Waals surface area contributed by atoms with E-state index in [1.807, 2.05) is 11.4 Å². The number of benzene rings is 1. The predicted molar refractivity (Wildman–Crippen MR) is 125 cm³/mol. The maximum Gasteiger partial charge on any atom is 0.253 e. The molecule has 0 bridgehead atoms. The normalized spacial score (nSPS) is 19.0. The third-order valence-corrected chi connectivity index (χ3v) is 7.29. The summed E-state index contributed by atoms with van der Waals surface area (Å²) < 4.78 is 1.81. The summed E-state index contributed by atoms with van der Waals surface area (Å²) in [5.74, 6) is 1.53. The first-order chi connectivity index (χ1) is 14.9. The van der Waals surface area contributed by atoms with Crippen molar-refractivity contribution in [3.8, 4) is 0 Å². The standard InChI is InChI=1S/C24H31N5OS/c1-15-9-5-7-11-19(15)13-20-17(3)25-23-27-24(28-29(23)18(20)4)31-14-22(30)26-21-12-8-6-10-16(21)2/h5,7,9,11,16,21H,6,8,10,12-14H2,1-4H3,(H,26,30). The van der Waals surface area contributed by atoms with Gasteiger partial charge in [0.05, 0.1) is 5.75 Å². The number of thioether (sulfide) groups is 1. The van der Waals surface area contributed by atoms with E-state index in [1.165, 1.54) is 47.7 Å². The van der Waals surface area contributed by atoms with E-state index in [4.69, 9.17) is 0 Å². The summed E-state index contributed by atoms with van der Waals surface area (Å²) in [7, 11) is 0. The lowest BCUT2D eigenvalue weighted by atomic mass is 9.86. The topological polar surface area (TPSA) is 72.2 Å². The molecule has 6 nitrogen and oxygen atoms in total. The van der Waals surface area contributed by atoms with Crippen molar-refractivity contribution in [3.05, 3.63) is 52.3 Å². The number of carbonyl (C=O) groups excluding carboxylic acids is 1. The van der Waals surface area contributed by atoms with Gasteiger partial charge in [-0.2, -0.15) is 4.98 Å². The molecule has 1 saturated carbocycles. The predicted octanol–water partition coefficient (Wildman–Crippen LogP) is 4.43. The molecule has 1 aliphatic carbocycles. The summed E-state index contributed by atoms with van der Waals surface area (Å²) in [5, 5.41) is 8.43. The molecule has 31 heavy (non-hydrogen) atoms. The van der Waals surface area contributed by atoms with Gasteiger partial charge >= 0.3 is 0 Å². The summed E-state index contributed by atoms with van der Waals surface area (Å²) in [5.41, 5.74) is 5.76. The highest BCUT2D eigenvalue weighted by molar-refractivity contribution is 7.99. The first-order valence-electron chi connectivity index (χ1n) is 11.1. The molecule has 3 aromatic rings. The van der Waals surface area contributed by atoms with Crippen LogP contribution >= 0.6 is 11.8 Å². The number of nitrogens with zero attached hydrogens (tertiary/aromatic N) is 4. The van der Waals surface area contributed by atoms with Crippen molar-refractivity contribution < 1.29 is 4.79 Å². The van der Waals surface area contributed by atoms with Gasteiger partial charge in [0.25, 0.3) is 5.78 Å². The second kappa shape index (κ2) is 9.39. The highest BCUT2D eigenvalue weighted by atomic mass is 32.2. The lowest BCUT2D eigenvalue weighted by Crippen LogP contribution is -2.41. The van der Waals surface area contributed by atoms with Gasteiger partial charge in [-0.25, -0.2) is 9.50 Å². The van der Waals surface area contributed by atoms with E-state index < -0.39 is 0 Å². The van der Waals surface area contributed by atoms with Gasteiger partial charge in [0, 0.05) is 23.9 Å². The molecule has 0 saturated heterocycles. The van der Waals surface area contributed by atoms with Crippen molar-refractivity contribution in [1.82, 2.24) is 24.9 Å². The first-order valence-corrected chi connectivity index (χ1v) is 12.1. The number of fused-ring (bicyclic) bond motifs is 1. The van der Waals surface area contributed by atoms with Crippen molar-refractivity contribution >= 4 is 23.4 Å². The van der Waals surface area contributed by atoms with Gasteiger partial charge in [-0.05, 0) is 56.2 Å². The number of hydrogen-bond donors (Lipinski definition) is 1. The van der Waals surface area contributed by atoms with E-state index in [2.05, 4.69) is 65.4 Å². The van der Waals surface area contributed by atoms with E-state index >= 15 is 0 Å². The Morgan fingerprint density at radius 2 is 1.94 bits per heavy atom. The lowest BCUT2D eigenvalue weighted by Gasteiger charge is -2.29. The molecule has 0 radical (unpaired) electrons. The summed E-state index contributed by atoms with van der Waals surface area (Å²) in [6.07, 6.45) is 5.56. The van der Waals surface area contributed by atoms with Crippen LogP contribution in [0.1, 0.15) is 60.7 Å². The molecular formula is C24H31N5OS. The van der Waals surface area contributed by atoms with Crippen LogP contribution in [0, 0.1) is 26.7 Å². The summed E-state index contributed by atoms with van der Waals surface area (Å²) >= 11 is 1.38. The van der Waals surface area contributed by atoms with E-state index in [-0.39, 0.29) is 5.91 Å². The second-order valence-corrected chi connectivity index (χ2v) is 9.64. The second-order valence-electron chi connectivity index (χ2n) is 8.70. The highest BCUT2D eigenvalue weighted by Gasteiger charge is 2.23. The molecule has 1 fully saturated rings. The molecule has 0 spiro atoms. The van der Waals surface area contributed by atoms with Crippen molar-refractivity contribution in [3.63, 3.8) is 0 Å². The largest absolute Gasteiger partial charge is 0.352 e. The van der Waals surface area contributed by atoms with Crippen LogP contribution in [0.15, 0.2) is 29.4 Å². The molecule has 1 aliphatic rings.